The normalized spacial score (nSPS) is 10.4. The van der Waals surface area contributed by atoms with E-state index in [1.54, 1.807) is 30.5 Å². The topological polar surface area (TPSA) is 65.2 Å². The van der Waals surface area contributed by atoms with Crippen LogP contribution in [0.5, 0.6) is 0 Å². The van der Waals surface area contributed by atoms with Crippen molar-refractivity contribution in [2.24, 2.45) is 0 Å². The van der Waals surface area contributed by atoms with Gasteiger partial charge in [0.1, 0.15) is 5.69 Å². The maximum Gasteiger partial charge on any atom is 0.340 e. The van der Waals surface area contributed by atoms with Gasteiger partial charge in [0.2, 0.25) is 0 Å². The lowest BCUT2D eigenvalue weighted by Crippen LogP contribution is -2.04. The fourth-order valence-corrected chi connectivity index (χ4v) is 2.11. The fraction of sp³-hybridized carbons (Fsp3) is 0.0625. The predicted molar refractivity (Wildman–Crippen MR) is 80.3 cm³/mol. The first-order valence-electron chi connectivity index (χ1n) is 6.51. The summed E-state index contributed by atoms with van der Waals surface area (Å²) in [5.41, 5.74) is 1.74. The van der Waals surface area contributed by atoms with E-state index < -0.39 is 5.97 Å². The molecule has 2 aromatic heterocycles. The summed E-state index contributed by atoms with van der Waals surface area (Å²) in [6.45, 7) is -0.00875. The van der Waals surface area contributed by atoms with Crippen LogP contribution in [0.25, 0.3) is 11.3 Å². The summed E-state index contributed by atoms with van der Waals surface area (Å²) in [6, 6.07) is 12.3. The van der Waals surface area contributed by atoms with E-state index in [1.807, 2.05) is 18.2 Å². The molecule has 6 heteroatoms. The Morgan fingerprint density at radius 2 is 2.09 bits per heavy atom. The van der Waals surface area contributed by atoms with Crippen molar-refractivity contribution in [1.82, 2.24) is 10.1 Å². The highest BCUT2D eigenvalue weighted by molar-refractivity contribution is 6.33. The molecule has 0 N–H and O–H groups in total. The van der Waals surface area contributed by atoms with Crippen LogP contribution in [0.2, 0.25) is 5.02 Å². The summed E-state index contributed by atoms with van der Waals surface area (Å²) < 4.78 is 10.3. The largest absolute Gasteiger partial charge is 0.454 e. The first kappa shape index (κ1) is 14.3. The Morgan fingerprint density at radius 3 is 2.86 bits per heavy atom. The monoisotopic (exact) mass is 314 g/mol. The average molecular weight is 315 g/mol. The van der Waals surface area contributed by atoms with E-state index in [4.69, 9.17) is 20.9 Å². The van der Waals surface area contributed by atoms with Crippen LogP contribution in [0, 0.1) is 0 Å². The quantitative estimate of drug-likeness (QED) is 0.686. The molecule has 0 aliphatic rings. The third-order valence-corrected chi connectivity index (χ3v) is 3.28. The van der Waals surface area contributed by atoms with E-state index in [0.29, 0.717) is 22.0 Å². The van der Waals surface area contributed by atoms with E-state index in [9.17, 15) is 4.79 Å². The van der Waals surface area contributed by atoms with Crippen LogP contribution in [0.4, 0.5) is 0 Å². The number of nitrogens with zero attached hydrogens (tertiary/aromatic N) is 2. The molecular formula is C16H11ClN2O3. The first-order chi connectivity index (χ1) is 10.7. The van der Waals surface area contributed by atoms with Crippen molar-refractivity contribution in [3.63, 3.8) is 0 Å². The van der Waals surface area contributed by atoms with Gasteiger partial charge in [-0.15, -0.1) is 0 Å². The van der Waals surface area contributed by atoms with Crippen molar-refractivity contribution < 1.29 is 14.1 Å². The molecule has 0 atom stereocenters. The Balaban J connectivity index is 1.68. The van der Waals surface area contributed by atoms with Crippen LogP contribution in [0.1, 0.15) is 16.1 Å². The average Bonchev–Trinajstić information content (AvgIpc) is 3.02. The van der Waals surface area contributed by atoms with Gasteiger partial charge in [-0.2, -0.15) is 0 Å². The number of halogens is 1. The SMILES string of the molecule is O=C(OCc1cc(-c2ccccc2Cl)no1)c1cccnc1. The molecular weight excluding hydrogens is 304 g/mol. The lowest BCUT2D eigenvalue weighted by molar-refractivity contribution is 0.0437. The first-order valence-corrected chi connectivity index (χ1v) is 6.89. The zero-order valence-electron chi connectivity index (χ0n) is 11.4. The smallest absolute Gasteiger partial charge is 0.340 e. The number of rotatable bonds is 4. The minimum atomic E-state index is -0.469. The van der Waals surface area contributed by atoms with Gasteiger partial charge in [-0.1, -0.05) is 35.0 Å². The molecule has 0 spiro atoms. The third kappa shape index (κ3) is 3.15. The molecule has 3 rings (SSSR count). The van der Waals surface area contributed by atoms with Crippen molar-refractivity contribution in [1.29, 1.82) is 0 Å². The number of benzene rings is 1. The van der Waals surface area contributed by atoms with Gasteiger partial charge in [-0.05, 0) is 18.2 Å². The van der Waals surface area contributed by atoms with Gasteiger partial charge in [0, 0.05) is 24.0 Å². The zero-order chi connectivity index (χ0) is 15.4. The molecule has 110 valence electrons. The van der Waals surface area contributed by atoms with E-state index in [0.717, 1.165) is 5.56 Å². The third-order valence-electron chi connectivity index (χ3n) is 2.95. The lowest BCUT2D eigenvalue weighted by Gasteiger charge is -2.01. The van der Waals surface area contributed by atoms with E-state index in [2.05, 4.69) is 10.1 Å². The molecule has 0 amide bonds. The Kier molecular flexibility index (Phi) is 4.16. The molecule has 1 aromatic carbocycles. The van der Waals surface area contributed by atoms with Crippen LogP contribution in [-0.4, -0.2) is 16.1 Å². The number of hydrogen-bond donors (Lipinski definition) is 0. The van der Waals surface area contributed by atoms with Crippen molar-refractivity contribution in [2.75, 3.05) is 0 Å². The second kappa shape index (κ2) is 6.41. The summed E-state index contributed by atoms with van der Waals surface area (Å²) in [6.07, 6.45) is 3.03. The molecule has 0 fully saturated rings. The maximum absolute atomic E-state index is 11.8. The highest BCUT2D eigenvalue weighted by atomic mass is 35.5. The van der Waals surface area contributed by atoms with Gasteiger partial charge in [0.25, 0.3) is 0 Å². The van der Waals surface area contributed by atoms with Crippen molar-refractivity contribution >= 4 is 17.6 Å². The molecule has 2 heterocycles. The molecule has 3 aromatic rings. The van der Waals surface area contributed by atoms with E-state index in [1.165, 1.54) is 6.20 Å². The predicted octanol–water partition coefficient (Wildman–Crippen LogP) is 3.75. The minimum Gasteiger partial charge on any atom is -0.454 e. The number of esters is 1. The number of aromatic nitrogens is 2. The highest BCUT2D eigenvalue weighted by Crippen LogP contribution is 2.27. The fourth-order valence-electron chi connectivity index (χ4n) is 1.88. The Hall–Kier alpha value is -2.66. The highest BCUT2D eigenvalue weighted by Gasteiger charge is 2.12. The van der Waals surface area contributed by atoms with Crippen LogP contribution < -0.4 is 0 Å². The van der Waals surface area contributed by atoms with Crippen LogP contribution in [0.15, 0.2) is 59.4 Å². The molecule has 5 nitrogen and oxygen atoms in total. The molecule has 0 saturated heterocycles. The van der Waals surface area contributed by atoms with Crippen LogP contribution >= 0.6 is 11.6 Å². The molecule has 22 heavy (non-hydrogen) atoms. The van der Waals surface area contributed by atoms with Gasteiger partial charge in [-0.3, -0.25) is 4.98 Å². The van der Waals surface area contributed by atoms with Crippen molar-refractivity contribution in [2.45, 2.75) is 6.61 Å². The lowest BCUT2D eigenvalue weighted by atomic mass is 10.1. The number of carbonyl (C=O) groups excluding carboxylic acids is 1. The van der Waals surface area contributed by atoms with Crippen LogP contribution in [0.3, 0.4) is 0 Å². The van der Waals surface area contributed by atoms with Gasteiger partial charge >= 0.3 is 5.97 Å². The second-order valence-corrected chi connectivity index (χ2v) is 4.88. The van der Waals surface area contributed by atoms with Gasteiger partial charge < -0.3 is 9.26 Å². The minimum absolute atomic E-state index is 0.00875. The number of carbonyl (C=O) groups is 1. The van der Waals surface area contributed by atoms with Gasteiger partial charge in [-0.25, -0.2) is 4.79 Å². The molecule has 0 saturated carbocycles. The van der Waals surface area contributed by atoms with Crippen molar-refractivity contribution in [3.05, 3.63) is 71.2 Å². The summed E-state index contributed by atoms with van der Waals surface area (Å²) in [4.78, 5) is 15.7. The summed E-state index contributed by atoms with van der Waals surface area (Å²) >= 11 is 6.10. The standard InChI is InChI=1S/C16H11ClN2O3/c17-14-6-2-1-5-13(14)15-8-12(22-19-15)10-21-16(20)11-4-3-7-18-9-11/h1-9H,10H2. The number of pyridine rings is 1. The van der Waals surface area contributed by atoms with Crippen molar-refractivity contribution in [3.8, 4) is 11.3 Å². The Labute approximate surface area is 131 Å². The Bertz CT molecular complexity index is 787. The molecule has 0 aliphatic heterocycles. The molecule has 0 bridgehead atoms. The van der Waals surface area contributed by atoms with Crippen LogP contribution in [-0.2, 0) is 11.3 Å². The summed E-state index contributed by atoms with van der Waals surface area (Å²) in [5.74, 6) is -0.0315. The summed E-state index contributed by atoms with van der Waals surface area (Å²) in [7, 11) is 0. The summed E-state index contributed by atoms with van der Waals surface area (Å²) in [5, 5.41) is 4.51. The van der Waals surface area contributed by atoms with E-state index >= 15 is 0 Å². The number of hydrogen-bond acceptors (Lipinski definition) is 5. The second-order valence-electron chi connectivity index (χ2n) is 4.48. The van der Waals surface area contributed by atoms with Gasteiger partial charge in [0.05, 0.1) is 10.6 Å². The zero-order valence-corrected chi connectivity index (χ0v) is 12.2. The molecule has 0 aliphatic carbocycles. The van der Waals surface area contributed by atoms with Gasteiger partial charge in [0.15, 0.2) is 12.4 Å². The maximum atomic E-state index is 11.8. The molecule has 0 unspecified atom stereocenters. The molecule has 0 radical (unpaired) electrons. The van der Waals surface area contributed by atoms with E-state index in [-0.39, 0.29) is 6.61 Å². The Morgan fingerprint density at radius 1 is 1.23 bits per heavy atom. The number of ether oxygens (including phenoxy) is 1.